The van der Waals surface area contributed by atoms with Gasteiger partial charge in [-0.15, -0.1) is 11.8 Å². The standard InChI is InChI=1S/C12H16FNS/c1-8(7-14)10-4-5-15-12-6-9(13)2-3-11(10)12/h2-3,6,8,10H,4-5,7,14H2,1H3. The third-order valence-electron chi connectivity index (χ3n) is 3.12. The molecule has 82 valence electrons. The van der Waals surface area contributed by atoms with Crippen molar-refractivity contribution in [3.05, 3.63) is 29.6 Å². The average molecular weight is 225 g/mol. The minimum atomic E-state index is -0.137. The second-order valence-corrected chi connectivity index (χ2v) is 5.28. The van der Waals surface area contributed by atoms with E-state index in [4.69, 9.17) is 5.73 Å². The van der Waals surface area contributed by atoms with Gasteiger partial charge in [0.25, 0.3) is 0 Å². The fourth-order valence-corrected chi connectivity index (χ4v) is 3.32. The Morgan fingerprint density at radius 2 is 2.40 bits per heavy atom. The molecule has 1 aromatic rings. The average Bonchev–Trinajstić information content (AvgIpc) is 2.26. The zero-order valence-electron chi connectivity index (χ0n) is 8.87. The molecule has 0 bridgehead atoms. The number of benzene rings is 1. The highest BCUT2D eigenvalue weighted by atomic mass is 32.2. The van der Waals surface area contributed by atoms with Crippen LogP contribution in [-0.2, 0) is 0 Å². The molecule has 2 N–H and O–H groups in total. The Bertz CT molecular complexity index is 353. The number of rotatable bonds is 2. The normalized spacial score (nSPS) is 22.2. The molecule has 0 amide bonds. The predicted octanol–water partition coefficient (Wildman–Crippen LogP) is 3.00. The van der Waals surface area contributed by atoms with E-state index in [2.05, 4.69) is 6.92 Å². The van der Waals surface area contributed by atoms with Crippen LogP contribution in [0.3, 0.4) is 0 Å². The van der Waals surface area contributed by atoms with E-state index in [1.807, 2.05) is 6.07 Å². The van der Waals surface area contributed by atoms with Crippen LogP contribution in [0.2, 0.25) is 0 Å². The summed E-state index contributed by atoms with van der Waals surface area (Å²) in [5.74, 6) is 1.93. The van der Waals surface area contributed by atoms with E-state index >= 15 is 0 Å². The highest BCUT2D eigenvalue weighted by Gasteiger charge is 2.24. The van der Waals surface area contributed by atoms with Gasteiger partial charge >= 0.3 is 0 Å². The molecule has 1 nitrogen and oxygen atoms in total. The van der Waals surface area contributed by atoms with Crippen molar-refractivity contribution in [3.8, 4) is 0 Å². The second-order valence-electron chi connectivity index (χ2n) is 4.14. The predicted molar refractivity (Wildman–Crippen MR) is 62.7 cm³/mol. The van der Waals surface area contributed by atoms with Crippen molar-refractivity contribution in [1.82, 2.24) is 0 Å². The Kier molecular flexibility index (Phi) is 3.32. The van der Waals surface area contributed by atoms with E-state index in [1.54, 1.807) is 23.9 Å². The first-order valence-electron chi connectivity index (χ1n) is 5.34. The summed E-state index contributed by atoms with van der Waals surface area (Å²) >= 11 is 1.75. The summed E-state index contributed by atoms with van der Waals surface area (Å²) in [5, 5.41) is 0. The molecule has 0 fully saturated rings. The molecule has 15 heavy (non-hydrogen) atoms. The molecule has 1 aliphatic rings. The van der Waals surface area contributed by atoms with Crippen molar-refractivity contribution < 1.29 is 4.39 Å². The maximum Gasteiger partial charge on any atom is 0.124 e. The van der Waals surface area contributed by atoms with Gasteiger partial charge in [-0.2, -0.15) is 0 Å². The van der Waals surface area contributed by atoms with Crippen molar-refractivity contribution in [3.63, 3.8) is 0 Å². The van der Waals surface area contributed by atoms with Gasteiger partial charge in [0.05, 0.1) is 0 Å². The van der Waals surface area contributed by atoms with Gasteiger partial charge in [-0.05, 0) is 48.3 Å². The van der Waals surface area contributed by atoms with Gasteiger partial charge in [-0.3, -0.25) is 0 Å². The number of halogens is 1. The molecule has 0 saturated heterocycles. The molecule has 2 atom stereocenters. The van der Waals surface area contributed by atoms with Crippen LogP contribution in [0.15, 0.2) is 23.1 Å². The first-order valence-corrected chi connectivity index (χ1v) is 6.33. The van der Waals surface area contributed by atoms with E-state index < -0.39 is 0 Å². The molecular weight excluding hydrogens is 209 g/mol. The molecule has 1 aromatic carbocycles. The van der Waals surface area contributed by atoms with Crippen LogP contribution in [0.4, 0.5) is 4.39 Å². The van der Waals surface area contributed by atoms with Gasteiger partial charge in [-0.1, -0.05) is 13.0 Å². The number of hydrogen-bond donors (Lipinski definition) is 1. The van der Waals surface area contributed by atoms with Gasteiger partial charge in [0.15, 0.2) is 0 Å². The molecule has 0 radical (unpaired) electrons. The fourth-order valence-electron chi connectivity index (χ4n) is 2.15. The third-order valence-corrected chi connectivity index (χ3v) is 4.22. The molecule has 2 unspecified atom stereocenters. The molecule has 0 saturated carbocycles. The summed E-state index contributed by atoms with van der Waals surface area (Å²) < 4.78 is 13.1. The van der Waals surface area contributed by atoms with Crippen LogP contribution in [0.5, 0.6) is 0 Å². The van der Waals surface area contributed by atoms with Crippen molar-refractivity contribution >= 4 is 11.8 Å². The lowest BCUT2D eigenvalue weighted by atomic mass is 9.85. The molecule has 0 aromatic heterocycles. The van der Waals surface area contributed by atoms with Crippen LogP contribution in [0, 0.1) is 11.7 Å². The van der Waals surface area contributed by atoms with Crippen molar-refractivity contribution in [2.75, 3.05) is 12.3 Å². The number of nitrogens with two attached hydrogens (primary N) is 1. The Morgan fingerprint density at radius 1 is 1.60 bits per heavy atom. The molecule has 1 aliphatic heterocycles. The molecule has 1 heterocycles. The van der Waals surface area contributed by atoms with Crippen LogP contribution >= 0.6 is 11.8 Å². The number of fused-ring (bicyclic) bond motifs is 1. The largest absolute Gasteiger partial charge is 0.330 e. The van der Waals surface area contributed by atoms with Crippen LogP contribution in [0.25, 0.3) is 0 Å². The number of thioether (sulfide) groups is 1. The number of hydrogen-bond acceptors (Lipinski definition) is 2. The van der Waals surface area contributed by atoms with Crippen LogP contribution < -0.4 is 5.73 Å². The van der Waals surface area contributed by atoms with Gasteiger partial charge in [0, 0.05) is 4.90 Å². The summed E-state index contributed by atoms with van der Waals surface area (Å²) in [6, 6.07) is 5.13. The zero-order chi connectivity index (χ0) is 10.8. The summed E-state index contributed by atoms with van der Waals surface area (Å²) in [6.07, 6.45) is 1.15. The molecule has 2 rings (SSSR count). The Morgan fingerprint density at radius 3 is 3.13 bits per heavy atom. The Labute approximate surface area is 94.2 Å². The molecule has 3 heteroatoms. The maximum atomic E-state index is 13.1. The monoisotopic (exact) mass is 225 g/mol. The van der Waals surface area contributed by atoms with E-state index in [-0.39, 0.29) is 5.82 Å². The van der Waals surface area contributed by atoms with E-state index in [0.29, 0.717) is 18.4 Å². The minimum Gasteiger partial charge on any atom is -0.330 e. The summed E-state index contributed by atoms with van der Waals surface area (Å²) in [5.41, 5.74) is 6.99. The maximum absolute atomic E-state index is 13.1. The topological polar surface area (TPSA) is 26.0 Å². The quantitative estimate of drug-likeness (QED) is 0.837. The SMILES string of the molecule is CC(CN)C1CCSc2cc(F)ccc21. The lowest BCUT2D eigenvalue weighted by molar-refractivity contribution is 0.448. The first-order chi connectivity index (χ1) is 7.22. The van der Waals surface area contributed by atoms with Crippen LogP contribution in [-0.4, -0.2) is 12.3 Å². The minimum absolute atomic E-state index is 0.137. The van der Waals surface area contributed by atoms with Gasteiger partial charge < -0.3 is 5.73 Å². The Hall–Kier alpha value is -0.540. The summed E-state index contributed by atoms with van der Waals surface area (Å²) in [4.78, 5) is 1.10. The Balaban J connectivity index is 2.34. The molecule has 0 spiro atoms. The summed E-state index contributed by atoms with van der Waals surface area (Å²) in [6.45, 7) is 2.87. The highest BCUT2D eigenvalue weighted by Crippen LogP contribution is 2.41. The van der Waals surface area contributed by atoms with Crippen molar-refractivity contribution in [2.24, 2.45) is 11.7 Å². The van der Waals surface area contributed by atoms with Gasteiger partial charge in [0.1, 0.15) is 5.82 Å². The lowest BCUT2D eigenvalue weighted by Crippen LogP contribution is -2.22. The van der Waals surface area contributed by atoms with Gasteiger partial charge in [-0.25, -0.2) is 4.39 Å². The van der Waals surface area contributed by atoms with E-state index in [9.17, 15) is 4.39 Å². The molecule has 0 aliphatic carbocycles. The first kappa shape index (κ1) is 11.0. The second kappa shape index (κ2) is 4.54. The van der Waals surface area contributed by atoms with Crippen molar-refractivity contribution in [2.45, 2.75) is 24.2 Å². The zero-order valence-corrected chi connectivity index (χ0v) is 9.69. The third kappa shape index (κ3) is 2.18. The van der Waals surface area contributed by atoms with Gasteiger partial charge in [0.2, 0.25) is 0 Å². The van der Waals surface area contributed by atoms with E-state index in [1.165, 1.54) is 5.56 Å². The fraction of sp³-hybridized carbons (Fsp3) is 0.500. The van der Waals surface area contributed by atoms with Crippen molar-refractivity contribution in [1.29, 1.82) is 0 Å². The van der Waals surface area contributed by atoms with E-state index in [0.717, 1.165) is 17.1 Å². The lowest BCUT2D eigenvalue weighted by Gasteiger charge is -2.29. The van der Waals surface area contributed by atoms with Crippen LogP contribution in [0.1, 0.15) is 24.8 Å². The molecular formula is C12H16FNS. The smallest absolute Gasteiger partial charge is 0.124 e. The summed E-state index contributed by atoms with van der Waals surface area (Å²) in [7, 11) is 0. The highest BCUT2D eigenvalue weighted by molar-refractivity contribution is 7.99.